The van der Waals surface area contributed by atoms with Crippen LogP contribution in [0.5, 0.6) is 0 Å². The van der Waals surface area contributed by atoms with E-state index in [4.69, 9.17) is 12.2 Å². The van der Waals surface area contributed by atoms with Gasteiger partial charge in [0, 0.05) is 23.0 Å². The maximum atomic E-state index is 12.9. The van der Waals surface area contributed by atoms with Crippen molar-refractivity contribution < 1.29 is 4.79 Å². The predicted molar refractivity (Wildman–Crippen MR) is 140 cm³/mol. The zero-order valence-corrected chi connectivity index (χ0v) is 19.7. The molecule has 32 heavy (non-hydrogen) atoms. The first-order valence-electron chi connectivity index (χ1n) is 11.1. The first kappa shape index (κ1) is 22.6. The molecular weight excluding hydrogens is 432 g/mol. The highest BCUT2D eigenvalue weighted by atomic mass is 32.2. The van der Waals surface area contributed by atoms with Crippen LogP contribution in [-0.4, -0.2) is 22.8 Å². The number of rotatable bonds is 8. The monoisotopic (exact) mass is 460 g/mol. The van der Waals surface area contributed by atoms with E-state index in [9.17, 15) is 4.79 Å². The Labute approximate surface area is 199 Å². The zero-order chi connectivity index (χ0) is 22.3. The maximum Gasteiger partial charge on any atom is 0.224 e. The van der Waals surface area contributed by atoms with Crippen molar-refractivity contribution in [3.63, 3.8) is 0 Å². The molecule has 1 fully saturated rings. The van der Waals surface area contributed by atoms with Gasteiger partial charge in [-0.25, -0.2) is 0 Å². The average molecular weight is 461 g/mol. The summed E-state index contributed by atoms with van der Waals surface area (Å²) in [6.45, 7) is 4.73. The highest BCUT2D eigenvalue weighted by Gasteiger charge is 2.18. The van der Waals surface area contributed by atoms with Gasteiger partial charge in [-0.3, -0.25) is 4.79 Å². The molecule has 1 saturated carbocycles. The first-order chi connectivity index (χ1) is 15.7. The third-order valence-electron chi connectivity index (χ3n) is 5.88. The molecule has 5 heteroatoms. The summed E-state index contributed by atoms with van der Waals surface area (Å²) in [5.74, 6) is 0. The fourth-order valence-corrected chi connectivity index (χ4v) is 5.17. The first-order valence-corrected chi connectivity index (χ1v) is 12.3. The minimum atomic E-state index is 0.0572. The molecule has 0 atom stereocenters. The highest BCUT2D eigenvalue weighted by Crippen LogP contribution is 2.34. The Kier molecular flexibility index (Phi) is 7.61. The minimum Gasteiger partial charge on any atom is -0.362 e. The summed E-state index contributed by atoms with van der Waals surface area (Å²) >= 11 is 6.75. The smallest absolute Gasteiger partial charge is 0.224 e. The van der Waals surface area contributed by atoms with Gasteiger partial charge in [-0.2, -0.15) is 0 Å². The van der Waals surface area contributed by atoms with Crippen molar-refractivity contribution in [1.82, 2.24) is 10.6 Å². The van der Waals surface area contributed by atoms with Gasteiger partial charge < -0.3 is 10.6 Å². The van der Waals surface area contributed by atoms with E-state index in [0.717, 1.165) is 28.5 Å². The Bertz CT molecular complexity index is 1120. The molecule has 1 aliphatic rings. The Morgan fingerprint density at radius 2 is 1.91 bits per heavy atom. The summed E-state index contributed by atoms with van der Waals surface area (Å²) in [4.78, 5) is 13.9. The highest BCUT2D eigenvalue weighted by molar-refractivity contribution is 8.14. The molecular formula is C27H28N2OS2. The van der Waals surface area contributed by atoms with Crippen LogP contribution in [0.3, 0.4) is 0 Å². The number of thioether (sulfide) groups is 1. The van der Waals surface area contributed by atoms with Crippen molar-refractivity contribution in [1.29, 1.82) is 0 Å². The lowest BCUT2D eigenvalue weighted by Gasteiger charge is -2.27. The van der Waals surface area contributed by atoms with Crippen molar-refractivity contribution in [2.24, 2.45) is 0 Å². The normalized spacial score (nSPS) is 13.4. The van der Waals surface area contributed by atoms with Gasteiger partial charge in [0.2, 0.25) is 5.12 Å². The van der Waals surface area contributed by atoms with Crippen molar-refractivity contribution in [3.8, 4) is 0 Å². The topological polar surface area (TPSA) is 41.1 Å². The lowest BCUT2D eigenvalue weighted by molar-refractivity contribution is 0.108. The Morgan fingerprint density at radius 1 is 1.09 bits per heavy atom. The largest absolute Gasteiger partial charge is 0.362 e. The molecule has 0 spiro atoms. The van der Waals surface area contributed by atoms with E-state index < -0.39 is 0 Å². The summed E-state index contributed by atoms with van der Waals surface area (Å²) in [6, 6.07) is 20.6. The number of carbonyl (C=O) groups excluding carboxylic acids is 1. The van der Waals surface area contributed by atoms with Crippen LogP contribution in [-0.2, 0) is 12.8 Å². The summed E-state index contributed by atoms with van der Waals surface area (Å²) in [7, 11) is 0. The molecule has 3 aromatic carbocycles. The van der Waals surface area contributed by atoms with Crippen molar-refractivity contribution >= 4 is 45.0 Å². The zero-order valence-electron chi connectivity index (χ0n) is 18.1. The number of benzene rings is 3. The molecule has 0 unspecified atom stereocenters. The van der Waals surface area contributed by atoms with Gasteiger partial charge in [-0.1, -0.05) is 60.7 Å². The summed E-state index contributed by atoms with van der Waals surface area (Å²) in [6.07, 6.45) is 7.19. The standard InChI is InChI=1S/C27H28N2OS2/c1-2-8-23-24(32-26(30)21-9-4-3-5-10-21)16-15-19-11-6-12-20(25(19)23)17-18-28-27(31)29-22-13-7-14-22/h2-6,9-12,15-16,22H,1,7-8,13-14,17-18H2,(H2,28,29,31). The van der Waals surface area contributed by atoms with Gasteiger partial charge >= 0.3 is 0 Å². The van der Waals surface area contributed by atoms with E-state index in [-0.39, 0.29) is 5.12 Å². The Balaban J connectivity index is 1.56. The lowest BCUT2D eigenvalue weighted by Crippen LogP contribution is -2.45. The molecule has 0 aromatic heterocycles. The van der Waals surface area contributed by atoms with E-state index in [1.807, 2.05) is 36.4 Å². The van der Waals surface area contributed by atoms with Crippen molar-refractivity contribution in [2.75, 3.05) is 6.54 Å². The fourth-order valence-electron chi connectivity index (χ4n) is 4.00. The molecule has 2 N–H and O–H groups in total. The van der Waals surface area contributed by atoms with Crippen LogP contribution in [0.25, 0.3) is 10.8 Å². The molecule has 0 heterocycles. The lowest BCUT2D eigenvalue weighted by atomic mass is 9.93. The van der Waals surface area contributed by atoms with E-state index in [1.54, 1.807) is 0 Å². The van der Waals surface area contributed by atoms with Crippen LogP contribution in [0.4, 0.5) is 0 Å². The average Bonchev–Trinajstić information content (AvgIpc) is 2.78. The van der Waals surface area contributed by atoms with Crippen LogP contribution >= 0.6 is 24.0 Å². The number of allylic oxidation sites excluding steroid dienone is 1. The SMILES string of the molecule is C=CCc1c(SC(=O)c2ccccc2)ccc2cccc(CCNC(=S)NC3CCC3)c12. The maximum absolute atomic E-state index is 12.9. The van der Waals surface area contributed by atoms with Crippen LogP contribution in [0.15, 0.2) is 78.2 Å². The fraction of sp³-hybridized carbons (Fsp3) is 0.259. The minimum absolute atomic E-state index is 0.0572. The second kappa shape index (κ2) is 10.8. The molecule has 0 radical (unpaired) electrons. The summed E-state index contributed by atoms with van der Waals surface area (Å²) in [5, 5.41) is 9.94. The molecule has 164 valence electrons. The second-order valence-electron chi connectivity index (χ2n) is 8.08. The van der Waals surface area contributed by atoms with Gasteiger partial charge in [0.25, 0.3) is 0 Å². The van der Waals surface area contributed by atoms with Crippen LogP contribution in [0.1, 0.15) is 40.7 Å². The third kappa shape index (κ3) is 5.40. The molecule has 3 nitrogen and oxygen atoms in total. The molecule has 3 aromatic rings. The summed E-state index contributed by atoms with van der Waals surface area (Å²) in [5.41, 5.74) is 3.14. The van der Waals surface area contributed by atoms with E-state index in [2.05, 4.69) is 47.5 Å². The van der Waals surface area contributed by atoms with Crippen LogP contribution in [0, 0.1) is 0 Å². The molecule has 0 saturated heterocycles. The molecule has 0 bridgehead atoms. The quantitative estimate of drug-likeness (QED) is 0.243. The molecule has 0 amide bonds. The number of hydrogen-bond acceptors (Lipinski definition) is 3. The Morgan fingerprint density at radius 3 is 2.62 bits per heavy atom. The van der Waals surface area contributed by atoms with Crippen LogP contribution < -0.4 is 10.6 Å². The number of thiocarbonyl (C=S) groups is 1. The van der Waals surface area contributed by atoms with E-state index in [0.29, 0.717) is 18.0 Å². The molecule has 4 rings (SSSR count). The van der Waals surface area contributed by atoms with Gasteiger partial charge in [0.05, 0.1) is 0 Å². The Hall–Kier alpha value is -2.63. The third-order valence-corrected chi connectivity index (χ3v) is 7.16. The second-order valence-corrected chi connectivity index (χ2v) is 9.51. The number of fused-ring (bicyclic) bond motifs is 1. The number of hydrogen-bond donors (Lipinski definition) is 2. The van der Waals surface area contributed by atoms with Crippen molar-refractivity contribution in [2.45, 2.75) is 43.0 Å². The summed E-state index contributed by atoms with van der Waals surface area (Å²) < 4.78 is 0. The predicted octanol–water partition coefficient (Wildman–Crippen LogP) is 6.06. The van der Waals surface area contributed by atoms with Gasteiger partial charge in [-0.05, 0) is 84.0 Å². The van der Waals surface area contributed by atoms with Gasteiger partial charge in [0.15, 0.2) is 5.11 Å². The molecule has 1 aliphatic carbocycles. The number of nitrogens with one attached hydrogen (secondary N) is 2. The number of carbonyl (C=O) groups is 1. The van der Waals surface area contributed by atoms with Gasteiger partial charge in [0.1, 0.15) is 0 Å². The van der Waals surface area contributed by atoms with Crippen LogP contribution in [0.2, 0.25) is 0 Å². The van der Waals surface area contributed by atoms with E-state index >= 15 is 0 Å². The van der Waals surface area contributed by atoms with Crippen molar-refractivity contribution in [3.05, 3.63) is 90.0 Å². The van der Waals surface area contributed by atoms with Gasteiger partial charge in [-0.15, -0.1) is 6.58 Å². The van der Waals surface area contributed by atoms with E-state index in [1.165, 1.54) is 47.4 Å². The molecule has 0 aliphatic heterocycles.